The van der Waals surface area contributed by atoms with Crippen molar-refractivity contribution in [1.29, 1.82) is 0 Å². The Bertz CT molecular complexity index is 315. The topological polar surface area (TPSA) is 70.4 Å². The summed E-state index contributed by atoms with van der Waals surface area (Å²) in [6.07, 6.45) is 1.88. The number of hydrogen-bond acceptors (Lipinski definition) is 4. The van der Waals surface area contributed by atoms with Gasteiger partial charge in [-0.05, 0) is 6.92 Å². The molecule has 1 heterocycles. The monoisotopic (exact) mass is 191 g/mol. The van der Waals surface area contributed by atoms with Crippen molar-refractivity contribution >= 4 is 29.3 Å². The highest BCUT2D eigenvalue weighted by molar-refractivity contribution is 5.81. The lowest BCUT2D eigenvalue weighted by Crippen LogP contribution is -1.96. The van der Waals surface area contributed by atoms with E-state index < -0.39 is 0 Å². The maximum atomic E-state index is 10.5. The molecule has 13 heavy (non-hydrogen) atoms. The van der Waals surface area contributed by atoms with E-state index in [1.165, 1.54) is 6.20 Å². The third-order valence-corrected chi connectivity index (χ3v) is 1.65. The summed E-state index contributed by atoms with van der Waals surface area (Å²) in [5.74, 6) is -0.156. The summed E-state index contributed by atoms with van der Waals surface area (Å²) >= 11 is 0. The Labute approximate surface area is 91.8 Å². The van der Waals surface area contributed by atoms with Gasteiger partial charge in [0.25, 0.3) is 0 Å². The second kappa shape index (κ2) is 5.16. The Hall–Kier alpha value is -0.654. The quantitative estimate of drug-likeness (QED) is 0.511. The maximum absolute atomic E-state index is 10.5. The van der Waals surface area contributed by atoms with E-state index in [2.05, 4.69) is 4.98 Å². The molecule has 1 aromatic rings. The second-order valence-electron chi connectivity index (χ2n) is 2.41. The molecular formula is C8H9MgNO3. The smallest absolute Gasteiger partial charge is 0.154 e. The average Bonchev–Trinajstić information content (AvgIpc) is 2.09. The lowest BCUT2D eigenvalue weighted by atomic mass is 10.1. The highest BCUT2D eigenvalue weighted by atomic mass is 24.3. The van der Waals surface area contributed by atoms with E-state index >= 15 is 0 Å². The van der Waals surface area contributed by atoms with Crippen LogP contribution in [0.3, 0.4) is 0 Å². The van der Waals surface area contributed by atoms with Gasteiger partial charge in [-0.25, -0.2) is 0 Å². The Morgan fingerprint density at radius 1 is 1.62 bits per heavy atom. The zero-order valence-electron chi connectivity index (χ0n) is 7.32. The Morgan fingerprint density at radius 2 is 2.23 bits per heavy atom. The molecule has 0 unspecified atom stereocenters. The number of aliphatic hydroxyl groups is 1. The molecule has 0 saturated heterocycles. The highest BCUT2D eigenvalue weighted by Crippen LogP contribution is 2.21. The first-order valence-corrected chi connectivity index (χ1v) is 3.44. The minimum absolute atomic E-state index is 0. The van der Waals surface area contributed by atoms with Gasteiger partial charge in [-0.3, -0.25) is 9.78 Å². The van der Waals surface area contributed by atoms with Gasteiger partial charge in [-0.15, -0.1) is 0 Å². The molecule has 0 aliphatic heterocycles. The molecule has 2 N–H and O–H groups in total. The third-order valence-electron chi connectivity index (χ3n) is 1.65. The van der Waals surface area contributed by atoms with E-state index in [1.54, 1.807) is 6.92 Å². The van der Waals surface area contributed by atoms with Crippen LogP contribution in [0.1, 0.15) is 21.6 Å². The van der Waals surface area contributed by atoms with Gasteiger partial charge in [-0.2, -0.15) is 0 Å². The predicted octanol–water partition coefficient (Wildman–Crippen LogP) is 0.0196. The molecule has 0 spiro atoms. The van der Waals surface area contributed by atoms with Crippen LogP contribution in [0, 0.1) is 6.92 Å². The van der Waals surface area contributed by atoms with Crippen molar-refractivity contribution in [3.8, 4) is 5.75 Å². The van der Waals surface area contributed by atoms with Crippen LogP contribution in [0.15, 0.2) is 6.20 Å². The summed E-state index contributed by atoms with van der Waals surface area (Å²) < 4.78 is 0. The molecular weight excluding hydrogens is 182 g/mol. The van der Waals surface area contributed by atoms with Gasteiger partial charge >= 0.3 is 0 Å². The molecule has 0 atom stereocenters. The lowest BCUT2D eigenvalue weighted by Gasteiger charge is -2.04. The fourth-order valence-electron chi connectivity index (χ4n) is 0.910. The number of aromatic hydroxyl groups is 1. The van der Waals surface area contributed by atoms with E-state index in [1.807, 2.05) is 0 Å². The number of nitrogens with zero attached hydrogens (tertiary/aromatic N) is 1. The minimum Gasteiger partial charge on any atom is -0.505 e. The summed E-state index contributed by atoms with van der Waals surface area (Å²) in [6.45, 7) is 1.29. The van der Waals surface area contributed by atoms with Gasteiger partial charge in [0.2, 0.25) is 0 Å². The number of aliphatic hydroxyl groups excluding tert-OH is 1. The fourth-order valence-corrected chi connectivity index (χ4v) is 0.910. The molecule has 0 bridgehead atoms. The molecule has 0 aliphatic carbocycles. The summed E-state index contributed by atoms with van der Waals surface area (Å²) in [4.78, 5) is 14.2. The van der Waals surface area contributed by atoms with Crippen molar-refractivity contribution in [3.63, 3.8) is 0 Å². The maximum Gasteiger partial charge on any atom is 0.154 e. The number of aromatic nitrogens is 1. The third kappa shape index (κ3) is 2.39. The van der Waals surface area contributed by atoms with Crippen molar-refractivity contribution in [2.24, 2.45) is 0 Å². The molecule has 5 heteroatoms. The summed E-state index contributed by atoms with van der Waals surface area (Å²) in [5.41, 5.74) is 0.840. The zero-order chi connectivity index (χ0) is 9.14. The Morgan fingerprint density at radius 3 is 2.69 bits per heavy atom. The van der Waals surface area contributed by atoms with Crippen LogP contribution in [0.5, 0.6) is 5.75 Å². The molecule has 0 aliphatic rings. The summed E-state index contributed by atoms with van der Waals surface area (Å²) in [6, 6.07) is 0. The predicted molar refractivity (Wildman–Crippen MR) is 47.7 cm³/mol. The van der Waals surface area contributed by atoms with E-state index in [0.717, 1.165) is 0 Å². The summed E-state index contributed by atoms with van der Waals surface area (Å²) in [5, 5.41) is 18.1. The first-order valence-electron chi connectivity index (χ1n) is 3.44. The normalized spacial score (nSPS) is 9.08. The lowest BCUT2D eigenvalue weighted by molar-refractivity contribution is 0.111. The highest BCUT2D eigenvalue weighted by Gasteiger charge is 2.09. The van der Waals surface area contributed by atoms with Gasteiger partial charge in [-0.1, -0.05) is 0 Å². The molecule has 4 nitrogen and oxygen atoms in total. The second-order valence-corrected chi connectivity index (χ2v) is 2.41. The number of carbonyl (C=O) groups is 1. The Balaban J connectivity index is 0.00000144. The SMILES string of the molecule is Cc1ncc(CO)c(C=O)c1O.[Mg]. The molecule has 0 fully saturated rings. The van der Waals surface area contributed by atoms with Crippen LogP contribution < -0.4 is 0 Å². The molecule has 1 rings (SSSR count). The van der Waals surface area contributed by atoms with Crippen molar-refractivity contribution in [3.05, 3.63) is 23.0 Å². The Kier molecular flexibility index (Phi) is 4.90. The van der Waals surface area contributed by atoms with Crippen molar-refractivity contribution in [2.45, 2.75) is 13.5 Å². The van der Waals surface area contributed by atoms with Crippen LogP contribution in [0.25, 0.3) is 0 Å². The first kappa shape index (κ1) is 12.3. The average molecular weight is 191 g/mol. The molecule has 66 valence electrons. The van der Waals surface area contributed by atoms with E-state index in [4.69, 9.17) is 5.11 Å². The van der Waals surface area contributed by atoms with E-state index in [9.17, 15) is 9.90 Å². The standard InChI is InChI=1S/C8H9NO3.Mg/c1-5-8(12)7(4-11)6(3-10)2-9-5;/h2,4,10,12H,3H2,1H3;. The van der Waals surface area contributed by atoms with E-state index in [-0.39, 0.29) is 41.0 Å². The van der Waals surface area contributed by atoms with Crippen LogP contribution in [-0.4, -0.2) is 44.5 Å². The largest absolute Gasteiger partial charge is 0.505 e. The van der Waals surface area contributed by atoms with E-state index in [0.29, 0.717) is 17.5 Å². The van der Waals surface area contributed by atoms with Gasteiger partial charge in [0.1, 0.15) is 5.75 Å². The zero-order valence-corrected chi connectivity index (χ0v) is 8.73. The molecule has 0 amide bonds. The number of hydrogen-bond donors (Lipinski definition) is 2. The van der Waals surface area contributed by atoms with Gasteiger partial charge in [0.15, 0.2) is 6.29 Å². The van der Waals surface area contributed by atoms with Crippen molar-refractivity contribution < 1.29 is 15.0 Å². The molecule has 0 aromatic carbocycles. The van der Waals surface area contributed by atoms with Crippen molar-refractivity contribution in [2.75, 3.05) is 0 Å². The molecule has 2 radical (unpaired) electrons. The molecule has 0 saturated carbocycles. The number of pyridine rings is 1. The molecule has 1 aromatic heterocycles. The number of carbonyl (C=O) groups excluding carboxylic acids is 1. The van der Waals surface area contributed by atoms with Crippen LogP contribution in [0.4, 0.5) is 0 Å². The van der Waals surface area contributed by atoms with Gasteiger partial charge in [0, 0.05) is 34.8 Å². The van der Waals surface area contributed by atoms with Gasteiger partial charge < -0.3 is 10.2 Å². The summed E-state index contributed by atoms with van der Waals surface area (Å²) in [7, 11) is 0. The number of rotatable bonds is 2. The minimum atomic E-state index is -0.297. The fraction of sp³-hybridized carbons (Fsp3) is 0.250. The number of aryl methyl sites for hydroxylation is 1. The number of aldehydes is 1. The van der Waals surface area contributed by atoms with Crippen LogP contribution in [0.2, 0.25) is 0 Å². The van der Waals surface area contributed by atoms with Crippen molar-refractivity contribution in [1.82, 2.24) is 4.98 Å². The first-order chi connectivity index (χ1) is 5.70. The van der Waals surface area contributed by atoms with Gasteiger partial charge in [0.05, 0.1) is 17.9 Å². The van der Waals surface area contributed by atoms with Crippen LogP contribution >= 0.6 is 0 Å². The van der Waals surface area contributed by atoms with Crippen LogP contribution in [-0.2, 0) is 6.61 Å².